The zero-order valence-electron chi connectivity index (χ0n) is 17.0. The zero-order valence-corrected chi connectivity index (χ0v) is 17.0. The van der Waals surface area contributed by atoms with Crippen LogP contribution >= 0.6 is 0 Å². The van der Waals surface area contributed by atoms with Gasteiger partial charge in [-0.25, -0.2) is 0 Å². The van der Waals surface area contributed by atoms with Crippen LogP contribution in [0.4, 0.5) is 5.69 Å². The Bertz CT molecular complexity index is 690. The molecule has 28 heavy (non-hydrogen) atoms. The molecule has 2 fully saturated rings. The van der Waals surface area contributed by atoms with Crippen LogP contribution < -0.4 is 10.2 Å². The van der Waals surface area contributed by atoms with Gasteiger partial charge in [0.1, 0.15) is 0 Å². The minimum absolute atomic E-state index is 0.114. The van der Waals surface area contributed by atoms with Gasteiger partial charge in [-0.2, -0.15) is 0 Å². The van der Waals surface area contributed by atoms with Crippen molar-refractivity contribution in [2.45, 2.75) is 89.0 Å². The molecule has 1 N–H and O–H groups in total. The predicted octanol–water partition coefficient (Wildman–Crippen LogP) is 4.93. The fourth-order valence-corrected chi connectivity index (χ4v) is 5.39. The van der Waals surface area contributed by atoms with E-state index in [0.29, 0.717) is 24.8 Å². The smallest absolute Gasteiger partial charge is 0.234 e. The van der Waals surface area contributed by atoms with Crippen molar-refractivity contribution in [3.05, 3.63) is 29.8 Å². The molecule has 2 amide bonds. The summed E-state index contributed by atoms with van der Waals surface area (Å²) >= 11 is 0. The highest BCUT2D eigenvalue weighted by Crippen LogP contribution is 2.41. The van der Waals surface area contributed by atoms with E-state index in [0.717, 1.165) is 30.6 Å². The first kappa shape index (κ1) is 19.5. The normalized spacial score (nSPS) is 23.6. The molecule has 1 atom stereocenters. The highest BCUT2D eigenvalue weighted by Gasteiger charge is 2.38. The molecule has 0 spiro atoms. The van der Waals surface area contributed by atoms with E-state index in [9.17, 15) is 9.59 Å². The second kappa shape index (κ2) is 9.11. The first-order chi connectivity index (χ1) is 13.7. The van der Waals surface area contributed by atoms with Gasteiger partial charge in [0, 0.05) is 24.7 Å². The third-order valence-corrected chi connectivity index (χ3v) is 6.96. The van der Waals surface area contributed by atoms with Gasteiger partial charge < -0.3 is 10.2 Å². The van der Waals surface area contributed by atoms with Crippen molar-refractivity contribution < 1.29 is 9.59 Å². The Morgan fingerprint density at radius 3 is 2.39 bits per heavy atom. The lowest BCUT2D eigenvalue weighted by molar-refractivity contribution is -0.122. The van der Waals surface area contributed by atoms with Crippen molar-refractivity contribution in [3.8, 4) is 0 Å². The molecule has 4 nitrogen and oxygen atoms in total. The summed E-state index contributed by atoms with van der Waals surface area (Å²) in [6.07, 6.45) is 13.4. The van der Waals surface area contributed by atoms with Crippen molar-refractivity contribution in [2.75, 3.05) is 11.4 Å². The van der Waals surface area contributed by atoms with Gasteiger partial charge >= 0.3 is 0 Å². The molecule has 1 aromatic rings. The number of nitrogens with zero attached hydrogens (tertiary/aromatic N) is 1. The molecule has 0 bridgehead atoms. The van der Waals surface area contributed by atoms with Gasteiger partial charge in [-0.1, -0.05) is 56.7 Å². The molecule has 0 aromatic heterocycles. The second-order valence-corrected chi connectivity index (χ2v) is 9.01. The van der Waals surface area contributed by atoms with E-state index in [1.807, 2.05) is 17.0 Å². The number of para-hydroxylation sites is 1. The average Bonchev–Trinajstić information content (AvgIpc) is 2.99. The summed E-state index contributed by atoms with van der Waals surface area (Å²) in [4.78, 5) is 27.7. The van der Waals surface area contributed by atoms with Gasteiger partial charge in [0.2, 0.25) is 11.8 Å². The van der Waals surface area contributed by atoms with Crippen LogP contribution in [0, 0.1) is 5.92 Å². The first-order valence-electron chi connectivity index (χ1n) is 11.4. The molecule has 152 valence electrons. The molecule has 0 radical (unpaired) electrons. The Labute approximate surface area is 169 Å². The van der Waals surface area contributed by atoms with E-state index >= 15 is 0 Å². The number of benzene rings is 1. The van der Waals surface area contributed by atoms with Crippen molar-refractivity contribution >= 4 is 17.5 Å². The highest BCUT2D eigenvalue weighted by atomic mass is 16.2. The van der Waals surface area contributed by atoms with Crippen LogP contribution in [0.5, 0.6) is 0 Å². The maximum atomic E-state index is 13.2. The number of carbonyl (C=O) groups is 2. The Hall–Kier alpha value is -1.84. The number of hydrogen-bond donors (Lipinski definition) is 1. The summed E-state index contributed by atoms with van der Waals surface area (Å²) in [6.45, 7) is 0.848. The molecule has 2 saturated carbocycles. The maximum absolute atomic E-state index is 13.2. The molecular formula is C24H34N2O2. The Morgan fingerprint density at radius 1 is 0.964 bits per heavy atom. The molecule has 4 rings (SSSR count). The van der Waals surface area contributed by atoms with Crippen molar-refractivity contribution in [1.29, 1.82) is 0 Å². The molecule has 3 aliphatic rings. The third-order valence-electron chi connectivity index (χ3n) is 6.96. The SMILES string of the molecule is O=C(CCC1C(=O)N(CC2CCCCC2)c2ccccc21)NC1CCCCC1. The maximum Gasteiger partial charge on any atom is 0.234 e. The summed E-state index contributed by atoms with van der Waals surface area (Å²) in [5.41, 5.74) is 2.20. The van der Waals surface area contributed by atoms with Crippen LogP contribution in [0.1, 0.15) is 88.5 Å². The minimum atomic E-state index is -0.156. The topological polar surface area (TPSA) is 49.4 Å². The van der Waals surface area contributed by atoms with Crippen molar-refractivity contribution in [3.63, 3.8) is 0 Å². The summed E-state index contributed by atoms with van der Waals surface area (Å²) in [5.74, 6) is 0.788. The third kappa shape index (κ3) is 4.42. The fourth-order valence-electron chi connectivity index (χ4n) is 5.39. The molecule has 0 saturated heterocycles. The Balaban J connectivity index is 1.38. The standard InChI is InChI=1S/C24H34N2O2/c27-23(25-19-11-5-2-6-12-19)16-15-21-20-13-7-8-14-22(20)26(24(21)28)17-18-9-3-1-4-10-18/h7-8,13-14,18-19,21H,1-6,9-12,15-17H2,(H,25,27). The van der Waals surface area contributed by atoms with Crippen molar-refractivity contribution in [1.82, 2.24) is 5.32 Å². The van der Waals surface area contributed by atoms with Gasteiger partial charge in [0.05, 0.1) is 5.92 Å². The number of hydrogen-bond acceptors (Lipinski definition) is 2. The van der Waals surface area contributed by atoms with Crippen molar-refractivity contribution in [2.24, 2.45) is 5.92 Å². The number of nitrogens with one attached hydrogen (secondary N) is 1. The van der Waals surface area contributed by atoms with Crippen LogP contribution in [0.15, 0.2) is 24.3 Å². The largest absolute Gasteiger partial charge is 0.353 e. The number of fused-ring (bicyclic) bond motifs is 1. The summed E-state index contributed by atoms with van der Waals surface area (Å²) in [5, 5.41) is 3.19. The highest BCUT2D eigenvalue weighted by molar-refractivity contribution is 6.05. The van der Waals surface area contributed by atoms with Gasteiger partial charge in [0.25, 0.3) is 0 Å². The van der Waals surface area contributed by atoms with Gasteiger partial charge in [-0.15, -0.1) is 0 Å². The number of anilines is 1. The minimum Gasteiger partial charge on any atom is -0.353 e. The zero-order chi connectivity index (χ0) is 19.3. The van der Waals surface area contributed by atoms with Crippen LogP contribution in [-0.4, -0.2) is 24.4 Å². The number of amides is 2. The summed E-state index contributed by atoms with van der Waals surface area (Å²) in [7, 11) is 0. The molecule has 1 heterocycles. The van der Waals surface area contributed by atoms with Crippen LogP contribution in [-0.2, 0) is 9.59 Å². The lowest BCUT2D eigenvalue weighted by Gasteiger charge is -2.27. The molecular weight excluding hydrogens is 348 g/mol. The fraction of sp³-hybridized carbons (Fsp3) is 0.667. The van der Waals surface area contributed by atoms with Gasteiger partial charge in [-0.3, -0.25) is 9.59 Å². The molecule has 2 aliphatic carbocycles. The predicted molar refractivity (Wildman–Crippen MR) is 112 cm³/mol. The Morgan fingerprint density at radius 2 is 1.64 bits per heavy atom. The lowest BCUT2D eigenvalue weighted by atomic mass is 9.89. The number of carbonyl (C=O) groups excluding carboxylic acids is 2. The summed E-state index contributed by atoms with van der Waals surface area (Å²) in [6, 6.07) is 8.55. The second-order valence-electron chi connectivity index (χ2n) is 9.01. The van der Waals surface area contributed by atoms with E-state index in [1.54, 1.807) is 0 Å². The average molecular weight is 383 g/mol. The molecule has 4 heteroatoms. The van der Waals surface area contributed by atoms with Gasteiger partial charge in [0.15, 0.2) is 0 Å². The van der Waals surface area contributed by atoms with Crippen LogP contribution in [0.25, 0.3) is 0 Å². The van der Waals surface area contributed by atoms with Gasteiger partial charge in [-0.05, 0) is 49.7 Å². The summed E-state index contributed by atoms with van der Waals surface area (Å²) < 4.78 is 0. The first-order valence-corrected chi connectivity index (χ1v) is 11.4. The lowest BCUT2D eigenvalue weighted by Crippen LogP contribution is -2.37. The van der Waals surface area contributed by atoms with E-state index < -0.39 is 0 Å². The monoisotopic (exact) mass is 382 g/mol. The molecule has 1 aromatic carbocycles. The number of rotatable bonds is 6. The Kier molecular flexibility index (Phi) is 6.33. The van der Waals surface area contributed by atoms with E-state index in [4.69, 9.17) is 0 Å². The quantitative estimate of drug-likeness (QED) is 0.759. The van der Waals surface area contributed by atoms with E-state index in [1.165, 1.54) is 51.4 Å². The van der Waals surface area contributed by atoms with E-state index in [-0.39, 0.29) is 17.7 Å². The van der Waals surface area contributed by atoms with Crippen LogP contribution in [0.3, 0.4) is 0 Å². The molecule has 1 aliphatic heterocycles. The molecule has 1 unspecified atom stereocenters. The van der Waals surface area contributed by atoms with Crippen LogP contribution in [0.2, 0.25) is 0 Å². The van der Waals surface area contributed by atoms with E-state index in [2.05, 4.69) is 17.4 Å².